The lowest BCUT2D eigenvalue weighted by Crippen LogP contribution is -2.30. The van der Waals surface area contributed by atoms with Gasteiger partial charge in [-0.3, -0.25) is 0 Å². The van der Waals surface area contributed by atoms with Gasteiger partial charge in [-0.25, -0.2) is 8.42 Å². The van der Waals surface area contributed by atoms with Crippen LogP contribution in [0.4, 0.5) is 0 Å². The molecule has 3 rings (SSSR count). The molecular formula is C19H20ClN3O3S. The van der Waals surface area contributed by atoms with E-state index in [0.717, 1.165) is 11.1 Å². The Hall–Kier alpha value is -2.22. The summed E-state index contributed by atoms with van der Waals surface area (Å²) >= 11 is 5.90. The molecular weight excluding hydrogens is 386 g/mol. The molecule has 0 fully saturated rings. The maximum absolute atomic E-state index is 12.8. The largest absolute Gasteiger partial charge is 0.416 e. The molecule has 0 aliphatic rings. The molecule has 0 atom stereocenters. The van der Waals surface area contributed by atoms with Gasteiger partial charge in [0.15, 0.2) is 0 Å². The van der Waals surface area contributed by atoms with Crippen LogP contribution in [-0.4, -0.2) is 36.0 Å². The second-order valence-corrected chi connectivity index (χ2v) is 8.36. The minimum absolute atomic E-state index is 0.207. The second kappa shape index (κ2) is 7.80. The first-order valence-corrected chi connectivity index (χ1v) is 10.4. The topological polar surface area (TPSA) is 76.3 Å². The molecule has 0 aliphatic heterocycles. The van der Waals surface area contributed by atoms with Crippen LogP contribution < -0.4 is 0 Å². The van der Waals surface area contributed by atoms with Crippen molar-refractivity contribution >= 4 is 21.6 Å². The lowest BCUT2D eigenvalue weighted by Gasteiger charge is -2.19. The summed E-state index contributed by atoms with van der Waals surface area (Å²) in [6.45, 7) is 6.31. The third-order valence-electron chi connectivity index (χ3n) is 4.30. The first kappa shape index (κ1) is 19.5. The first-order chi connectivity index (χ1) is 12.9. The number of aryl methyl sites for hydroxylation is 1. The van der Waals surface area contributed by atoms with Gasteiger partial charge in [0, 0.05) is 29.2 Å². The molecule has 0 bridgehead atoms. The monoisotopic (exact) mass is 405 g/mol. The third-order valence-corrected chi connectivity index (χ3v) is 6.60. The Kier molecular flexibility index (Phi) is 5.64. The molecule has 2 aromatic carbocycles. The van der Waals surface area contributed by atoms with E-state index >= 15 is 0 Å². The van der Waals surface area contributed by atoms with Crippen LogP contribution >= 0.6 is 11.6 Å². The van der Waals surface area contributed by atoms with Crippen molar-refractivity contribution in [2.45, 2.75) is 25.7 Å². The fraction of sp³-hybridized carbons (Fsp3) is 0.263. The quantitative estimate of drug-likeness (QED) is 0.607. The highest BCUT2D eigenvalue weighted by Crippen LogP contribution is 2.29. The molecule has 0 spiro atoms. The minimum atomic E-state index is -3.57. The third kappa shape index (κ3) is 3.90. The van der Waals surface area contributed by atoms with Crippen LogP contribution in [0.2, 0.25) is 5.02 Å². The number of halogens is 1. The molecule has 0 saturated carbocycles. The van der Waals surface area contributed by atoms with Gasteiger partial charge in [-0.15, -0.1) is 10.2 Å². The fourth-order valence-electron chi connectivity index (χ4n) is 2.75. The van der Waals surface area contributed by atoms with Crippen molar-refractivity contribution in [1.82, 2.24) is 14.5 Å². The van der Waals surface area contributed by atoms with Crippen molar-refractivity contribution in [1.29, 1.82) is 0 Å². The van der Waals surface area contributed by atoms with E-state index < -0.39 is 10.0 Å². The van der Waals surface area contributed by atoms with Gasteiger partial charge in [0.25, 0.3) is 0 Å². The van der Waals surface area contributed by atoms with Crippen molar-refractivity contribution in [2.75, 3.05) is 13.1 Å². The Labute approximate surface area is 163 Å². The van der Waals surface area contributed by atoms with E-state index in [2.05, 4.69) is 10.2 Å². The number of benzene rings is 2. The standard InChI is InChI=1S/C19H20ClN3O3S/c1-4-23(5-2)27(24,25)16-11-6-13(3)17(12-16)19-22-21-18(26-19)14-7-9-15(20)10-8-14/h6-12H,4-5H2,1-3H3. The zero-order valence-electron chi connectivity index (χ0n) is 15.3. The molecule has 1 aromatic heterocycles. The molecule has 3 aromatic rings. The molecule has 6 nitrogen and oxygen atoms in total. The predicted octanol–water partition coefficient (Wildman–Crippen LogP) is 4.40. The zero-order chi connectivity index (χ0) is 19.6. The molecule has 0 N–H and O–H groups in total. The number of nitrogens with zero attached hydrogens (tertiary/aromatic N) is 3. The molecule has 142 valence electrons. The normalized spacial score (nSPS) is 11.9. The lowest BCUT2D eigenvalue weighted by molar-refractivity contribution is 0.445. The second-order valence-electron chi connectivity index (χ2n) is 5.99. The minimum Gasteiger partial charge on any atom is -0.416 e. The summed E-state index contributed by atoms with van der Waals surface area (Å²) in [5, 5.41) is 8.78. The Bertz CT molecular complexity index is 1040. The van der Waals surface area contributed by atoms with Crippen LogP contribution in [0.5, 0.6) is 0 Å². The van der Waals surface area contributed by atoms with Crippen LogP contribution in [0, 0.1) is 6.92 Å². The summed E-state index contributed by atoms with van der Waals surface area (Å²) < 4.78 is 32.8. The molecule has 0 radical (unpaired) electrons. The maximum atomic E-state index is 12.8. The lowest BCUT2D eigenvalue weighted by atomic mass is 10.1. The number of hydrogen-bond donors (Lipinski definition) is 0. The molecule has 1 heterocycles. The fourth-order valence-corrected chi connectivity index (χ4v) is 4.36. The Morgan fingerprint density at radius 1 is 1.00 bits per heavy atom. The van der Waals surface area contributed by atoms with Crippen LogP contribution in [0.15, 0.2) is 51.8 Å². The van der Waals surface area contributed by atoms with Gasteiger partial charge in [0.2, 0.25) is 21.8 Å². The maximum Gasteiger partial charge on any atom is 0.248 e. The van der Waals surface area contributed by atoms with Crippen molar-refractivity contribution in [3.63, 3.8) is 0 Å². The Morgan fingerprint density at radius 2 is 1.63 bits per heavy atom. The average Bonchev–Trinajstić information content (AvgIpc) is 3.13. The van der Waals surface area contributed by atoms with Gasteiger partial charge in [0.1, 0.15) is 0 Å². The number of rotatable bonds is 6. The average molecular weight is 406 g/mol. The van der Waals surface area contributed by atoms with Gasteiger partial charge >= 0.3 is 0 Å². The van der Waals surface area contributed by atoms with Crippen molar-refractivity contribution in [3.05, 3.63) is 53.1 Å². The molecule has 8 heteroatoms. The van der Waals surface area contributed by atoms with Crippen molar-refractivity contribution < 1.29 is 12.8 Å². The van der Waals surface area contributed by atoms with Gasteiger partial charge < -0.3 is 4.42 Å². The van der Waals surface area contributed by atoms with Gasteiger partial charge in [-0.05, 0) is 48.9 Å². The van der Waals surface area contributed by atoms with E-state index in [4.69, 9.17) is 16.0 Å². The number of aromatic nitrogens is 2. The van der Waals surface area contributed by atoms with Gasteiger partial charge in [-0.2, -0.15) is 4.31 Å². The van der Waals surface area contributed by atoms with Crippen molar-refractivity contribution in [2.24, 2.45) is 0 Å². The van der Waals surface area contributed by atoms with Crippen LogP contribution in [0.3, 0.4) is 0 Å². The highest BCUT2D eigenvalue weighted by molar-refractivity contribution is 7.89. The molecule has 0 amide bonds. The van der Waals surface area contributed by atoms with E-state index in [0.29, 0.717) is 29.6 Å². The highest BCUT2D eigenvalue weighted by atomic mass is 35.5. The summed E-state index contributed by atoms with van der Waals surface area (Å²) in [7, 11) is -3.57. The summed E-state index contributed by atoms with van der Waals surface area (Å²) in [6.07, 6.45) is 0. The number of sulfonamides is 1. The van der Waals surface area contributed by atoms with Crippen LogP contribution in [0.1, 0.15) is 19.4 Å². The first-order valence-electron chi connectivity index (χ1n) is 8.57. The highest BCUT2D eigenvalue weighted by Gasteiger charge is 2.23. The van der Waals surface area contributed by atoms with Gasteiger partial charge in [0.05, 0.1) is 4.90 Å². The SMILES string of the molecule is CCN(CC)S(=O)(=O)c1ccc(C)c(-c2nnc(-c3ccc(Cl)cc3)o2)c1. The van der Waals surface area contributed by atoms with E-state index in [-0.39, 0.29) is 10.8 Å². The molecule has 0 unspecified atom stereocenters. The summed E-state index contributed by atoms with van der Waals surface area (Å²) in [5.74, 6) is 0.618. The van der Waals surface area contributed by atoms with Crippen molar-refractivity contribution in [3.8, 4) is 22.9 Å². The summed E-state index contributed by atoms with van der Waals surface area (Å²) in [5.41, 5.74) is 2.18. The van der Waals surface area contributed by atoms with E-state index in [9.17, 15) is 8.42 Å². The Balaban J connectivity index is 2.02. The summed E-state index contributed by atoms with van der Waals surface area (Å²) in [4.78, 5) is 0.207. The van der Waals surface area contributed by atoms with E-state index in [1.165, 1.54) is 4.31 Å². The summed E-state index contributed by atoms with van der Waals surface area (Å²) in [6, 6.07) is 12.0. The van der Waals surface area contributed by atoms with E-state index in [1.54, 1.807) is 42.5 Å². The predicted molar refractivity (Wildman–Crippen MR) is 105 cm³/mol. The molecule has 27 heavy (non-hydrogen) atoms. The molecule has 0 aliphatic carbocycles. The van der Waals surface area contributed by atoms with Gasteiger partial charge in [-0.1, -0.05) is 31.5 Å². The smallest absolute Gasteiger partial charge is 0.248 e. The molecule has 0 saturated heterocycles. The Morgan fingerprint density at radius 3 is 2.26 bits per heavy atom. The number of hydrogen-bond acceptors (Lipinski definition) is 5. The van der Waals surface area contributed by atoms with Crippen LogP contribution in [0.25, 0.3) is 22.9 Å². The van der Waals surface area contributed by atoms with Crippen LogP contribution in [-0.2, 0) is 10.0 Å². The van der Waals surface area contributed by atoms with E-state index in [1.807, 2.05) is 20.8 Å². The zero-order valence-corrected chi connectivity index (χ0v) is 16.9.